The first-order valence-corrected chi connectivity index (χ1v) is 11.5. The molecule has 9 heteroatoms. The van der Waals surface area contributed by atoms with E-state index < -0.39 is 27.8 Å². The van der Waals surface area contributed by atoms with Gasteiger partial charge in [-0.25, -0.2) is 17.2 Å². The lowest BCUT2D eigenvalue weighted by molar-refractivity contribution is -0.121. The van der Waals surface area contributed by atoms with E-state index in [4.69, 9.17) is 0 Å². The Morgan fingerprint density at radius 1 is 1.11 bits per heavy atom. The van der Waals surface area contributed by atoms with Crippen LogP contribution in [0.4, 0.5) is 14.5 Å². The molecule has 1 N–H and O–H groups in total. The summed E-state index contributed by atoms with van der Waals surface area (Å²) >= 11 is 1.44. The zero-order valence-electron chi connectivity index (χ0n) is 15.6. The van der Waals surface area contributed by atoms with Crippen LogP contribution >= 0.6 is 11.8 Å². The SMILES string of the molecule is C[C@H](C(=O)NCCSCc1ccccc1F)N(c1ccccc1F)S(C)(=O)=O. The number of nitrogens with one attached hydrogen (secondary N) is 1. The van der Waals surface area contributed by atoms with Crippen molar-refractivity contribution in [1.29, 1.82) is 0 Å². The molecule has 1 atom stereocenters. The Bertz CT molecular complexity index is 923. The van der Waals surface area contributed by atoms with E-state index in [9.17, 15) is 22.0 Å². The minimum atomic E-state index is -3.88. The van der Waals surface area contributed by atoms with Crippen LogP contribution in [0.25, 0.3) is 0 Å². The Hall–Kier alpha value is -2.13. The van der Waals surface area contributed by atoms with Crippen molar-refractivity contribution < 1.29 is 22.0 Å². The van der Waals surface area contributed by atoms with Crippen molar-refractivity contribution >= 4 is 33.4 Å². The van der Waals surface area contributed by atoms with Crippen molar-refractivity contribution in [3.8, 4) is 0 Å². The van der Waals surface area contributed by atoms with Gasteiger partial charge in [-0.2, -0.15) is 11.8 Å². The molecule has 0 saturated carbocycles. The summed E-state index contributed by atoms with van der Waals surface area (Å²) in [5.41, 5.74) is 0.400. The topological polar surface area (TPSA) is 66.5 Å². The highest BCUT2D eigenvalue weighted by Crippen LogP contribution is 2.24. The predicted octanol–water partition coefficient (Wildman–Crippen LogP) is 3.17. The maximum atomic E-state index is 14.1. The molecule has 0 bridgehead atoms. The lowest BCUT2D eigenvalue weighted by Gasteiger charge is -2.28. The van der Waals surface area contributed by atoms with Crippen molar-refractivity contribution in [2.45, 2.75) is 18.7 Å². The average molecular weight is 429 g/mol. The maximum absolute atomic E-state index is 14.1. The van der Waals surface area contributed by atoms with Gasteiger partial charge < -0.3 is 5.32 Å². The normalized spacial score (nSPS) is 12.4. The molecule has 5 nitrogen and oxygen atoms in total. The van der Waals surface area contributed by atoms with Crippen LogP contribution in [-0.2, 0) is 20.6 Å². The molecule has 0 aliphatic carbocycles. The molecule has 0 aromatic heterocycles. The van der Waals surface area contributed by atoms with Crippen molar-refractivity contribution in [2.75, 3.05) is 22.9 Å². The third kappa shape index (κ3) is 5.93. The Balaban J connectivity index is 1.93. The first-order chi connectivity index (χ1) is 13.2. The number of thioether (sulfide) groups is 1. The van der Waals surface area contributed by atoms with Gasteiger partial charge in [0.05, 0.1) is 11.9 Å². The van der Waals surface area contributed by atoms with Crippen LogP contribution in [0, 0.1) is 11.6 Å². The number of amides is 1. The summed E-state index contributed by atoms with van der Waals surface area (Å²) in [6.07, 6.45) is 0.924. The first kappa shape index (κ1) is 22.2. The maximum Gasteiger partial charge on any atom is 0.243 e. The highest BCUT2D eigenvalue weighted by molar-refractivity contribution is 7.98. The molecule has 0 spiro atoms. The van der Waals surface area contributed by atoms with E-state index in [1.54, 1.807) is 18.2 Å². The molecular formula is C19H22F2N2O3S2. The number of hydrogen-bond donors (Lipinski definition) is 1. The summed E-state index contributed by atoms with van der Waals surface area (Å²) in [5, 5.41) is 2.64. The summed E-state index contributed by atoms with van der Waals surface area (Å²) in [6, 6.07) is 10.7. The number of para-hydroxylation sites is 1. The number of hydrogen-bond acceptors (Lipinski definition) is 4. The molecule has 152 valence electrons. The Morgan fingerprint density at radius 3 is 2.32 bits per heavy atom. The molecule has 0 saturated heterocycles. The molecule has 0 fully saturated rings. The number of sulfonamides is 1. The Labute approximate surface area is 168 Å². The molecule has 1 amide bonds. The smallest absolute Gasteiger partial charge is 0.243 e. The van der Waals surface area contributed by atoms with Crippen LogP contribution < -0.4 is 9.62 Å². The summed E-state index contributed by atoms with van der Waals surface area (Å²) in [6.45, 7) is 1.67. The van der Waals surface area contributed by atoms with Gasteiger partial charge in [-0.05, 0) is 30.7 Å². The summed E-state index contributed by atoms with van der Waals surface area (Å²) < 4.78 is 52.7. The van der Waals surface area contributed by atoms with Crippen LogP contribution in [0.5, 0.6) is 0 Å². The molecule has 2 aromatic carbocycles. The van der Waals surface area contributed by atoms with Crippen molar-refractivity contribution in [3.05, 3.63) is 65.7 Å². The number of carbonyl (C=O) groups excluding carboxylic acids is 1. The van der Waals surface area contributed by atoms with Crippen molar-refractivity contribution in [3.63, 3.8) is 0 Å². The molecular weight excluding hydrogens is 406 g/mol. The third-order valence-corrected chi connectivity index (χ3v) is 6.17. The zero-order valence-corrected chi connectivity index (χ0v) is 17.2. The van der Waals surface area contributed by atoms with E-state index in [-0.39, 0.29) is 18.0 Å². The molecule has 0 aliphatic heterocycles. The predicted molar refractivity (Wildman–Crippen MR) is 109 cm³/mol. The standard InChI is InChI=1S/C19H22F2N2O3S2/c1-14(23(28(2,25)26)18-10-6-5-9-17(18)21)19(24)22-11-12-27-13-15-7-3-4-8-16(15)20/h3-10,14H,11-13H2,1-2H3,(H,22,24)/t14-/m1/s1. The quantitative estimate of drug-likeness (QED) is 0.623. The highest BCUT2D eigenvalue weighted by atomic mass is 32.2. The van der Waals surface area contributed by atoms with Crippen molar-refractivity contribution in [2.24, 2.45) is 0 Å². The second kappa shape index (κ2) is 9.88. The second-order valence-corrected chi connectivity index (χ2v) is 9.09. The number of benzene rings is 2. The third-order valence-electron chi connectivity index (χ3n) is 3.94. The molecule has 0 radical (unpaired) electrons. The van der Waals surface area contributed by atoms with Gasteiger partial charge in [-0.1, -0.05) is 30.3 Å². The molecule has 2 rings (SSSR count). The first-order valence-electron chi connectivity index (χ1n) is 8.54. The van der Waals surface area contributed by atoms with Crippen LogP contribution in [0.15, 0.2) is 48.5 Å². The zero-order chi connectivity index (χ0) is 20.7. The minimum absolute atomic E-state index is 0.179. The number of carbonyl (C=O) groups is 1. The van der Waals surface area contributed by atoms with Crippen LogP contribution in [0.2, 0.25) is 0 Å². The lowest BCUT2D eigenvalue weighted by Crippen LogP contribution is -2.48. The summed E-state index contributed by atoms with van der Waals surface area (Å²) in [4.78, 5) is 12.4. The van der Waals surface area contributed by atoms with E-state index in [2.05, 4.69) is 5.32 Å². The summed E-state index contributed by atoms with van der Waals surface area (Å²) in [5.74, 6) is -0.566. The molecule has 0 aliphatic rings. The second-order valence-electron chi connectivity index (χ2n) is 6.12. The molecule has 0 unspecified atom stereocenters. The van der Waals surface area contributed by atoms with Crippen LogP contribution in [-0.4, -0.2) is 38.9 Å². The Morgan fingerprint density at radius 2 is 1.71 bits per heavy atom. The van der Waals surface area contributed by atoms with Gasteiger partial charge in [0.25, 0.3) is 0 Å². The van der Waals surface area contributed by atoms with Gasteiger partial charge in [0.2, 0.25) is 15.9 Å². The van der Waals surface area contributed by atoms with E-state index in [1.165, 1.54) is 43.0 Å². The monoisotopic (exact) mass is 428 g/mol. The minimum Gasteiger partial charge on any atom is -0.353 e. The lowest BCUT2D eigenvalue weighted by atomic mass is 10.2. The van der Waals surface area contributed by atoms with Gasteiger partial charge in [0.15, 0.2) is 0 Å². The average Bonchev–Trinajstić information content (AvgIpc) is 2.63. The molecule has 0 heterocycles. The fourth-order valence-corrected chi connectivity index (χ4v) is 4.62. The van der Waals surface area contributed by atoms with E-state index in [0.29, 0.717) is 17.1 Å². The van der Waals surface area contributed by atoms with Crippen LogP contribution in [0.3, 0.4) is 0 Å². The van der Waals surface area contributed by atoms with Gasteiger partial charge in [0, 0.05) is 18.1 Å². The number of halogens is 2. The van der Waals surface area contributed by atoms with Crippen LogP contribution in [0.1, 0.15) is 12.5 Å². The number of rotatable bonds is 9. The van der Waals surface area contributed by atoms with Gasteiger partial charge in [-0.15, -0.1) is 0 Å². The molecule has 28 heavy (non-hydrogen) atoms. The van der Waals surface area contributed by atoms with E-state index in [1.807, 2.05) is 0 Å². The van der Waals surface area contributed by atoms with Gasteiger partial charge >= 0.3 is 0 Å². The largest absolute Gasteiger partial charge is 0.353 e. The Kier molecular flexibility index (Phi) is 7.82. The van der Waals surface area contributed by atoms with Gasteiger partial charge in [-0.3, -0.25) is 9.10 Å². The van der Waals surface area contributed by atoms with E-state index >= 15 is 0 Å². The molecule has 2 aromatic rings. The van der Waals surface area contributed by atoms with E-state index in [0.717, 1.165) is 16.6 Å². The highest BCUT2D eigenvalue weighted by Gasteiger charge is 2.30. The fraction of sp³-hybridized carbons (Fsp3) is 0.316. The number of nitrogens with zero attached hydrogens (tertiary/aromatic N) is 1. The summed E-state index contributed by atoms with van der Waals surface area (Å²) in [7, 11) is -3.88. The fourth-order valence-electron chi connectivity index (χ4n) is 2.60. The number of anilines is 1. The van der Waals surface area contributed by atoms with Crippen molar-refractivity contribution in [1.82, 2.24) is 5.32 Å². The van der Waals surface area contributed by atoms with Gasteiger partial charge in [0.1, 0.15) is 17.7 Å².